The standard InChI is InChI=1S/C25H32N4O2/c1-7-9-19(10-8-2)28-20-13-18(6)27-25-23(20)21(29(30)31)14-26-24(25)22-16(4)11-15(3)12-17(22)5/h11-14,19H,7-10H2,1-6H3,(H,27,28). The predicted octanol–water partition coefficient (Wildman–Crippen LogP) is 6.82. The van der Waals surface area contributed by atoms with E-state index in [-0.39, 0.29) is 16.7 Å². The number of hydrogen-bond acceptors (Lipinski definition) is 5. The van der Waals surface area contributed by atoms with Crippen molar-refractivity contribution in [3.63, 3.8) is 0 Å². The van der Waals surface area contributed by atoms with Crippen molar-refractivity contribution >= 4 is 22.3 Å². The SMILES string of the molecule is CCCC(CCC)Nc1cc(C)nc2c(-c3c(C)cc(C)cc3C)ncc([N+](=O)[O-])c12. The molecular weight excluding hydrogens is 388 g/mol. The Bertz CT molecular complexity index is 1100. The van der Waals surface area contributed by atoms with E-state index in [9.17, 15) is 10.1 Å². The summed E-state index contributed by atoms with van der Waals surface area (Å²) in [4.78, 5) is 20.9. The molecule has 0 spiro atoms. The molecule has 3 rings (SSSR count). The Morgan fingerprint density at radius 2 is 1.65 bits per heavy atom. The van der Waals surface area contributed by atoms with E-state index in [0.29, 0.717) is 16.6 Å². The molecule has 2 aromatic heterocycles. The van der Waals surface area contributed by atoms with Crippen LogP contribution in [0.25, 0.3) is 22.2 Å². The number of anilines is 1. The molecule has 1 aromatic carbocycles. The van der Waals surface area contributed by atoms with E-state index in [1.54, 1.807) is 0 Å². The molecule has 0 aliphatic carbocycles. The lowest BCUT2D eigenvalue weighted by Gasteiger charge is -2.21. The third-order valence-corrected chi connectivity index (χ3v) is 5.69. The molecule has 6 heteroatoms. The molecule has 1 N–H and O–H groups in total. The molecule has 6 nitrogen and oxygen atoms in total. The van der Waals surface area contributed by atoms with Gasteiger partial charge >= 0.3 is 0 Å². The molecule has 31 heavy (non-hydrogen) atoms. The second kappa shape index (κ2) is 9.41. The van der Waals surface area contributed by atoms with Gasteiger partial charge in [0.05, 0.1) is 16.3 Å². The third-order valence-electron chi connectivity index (χ3n) is 5.69. The number of nitrogens with one attached hydrogen (secondary N) is 1. The molecule has 0 saturated carbocycles. The van der Waals surface area contributed by atoms with Crippen LogP contribution in [0.15, 0.2) is 24.4 Å². The van der Waals surface area contributed by atoms with Gasteiger partial charge in [-0.1, -0.05) is 44.4 Å². The van der Waals surface area contributed by atoms with Crippen LogP contribution < -0.4 is 5.32 Å². The van der Waals surface area contributed by atoms with Crippen molar-refractivity contribution in [3.8, 4) is 11.3 Å². The summed E-state index contributed by atoms with van der Waals surface area (Å²) in [7, 11) is 0. The molecule has 0 radical (unpaired) electrons. The van der Waals surface area contributed by atoms with Gasteiger partial charge < -0.3 is 5.32 Å². The van der Waals surface area contributed by atoms with E-state index >= 15 is 0 Å². The van der Waals surface area contributed by atoms with Gasteiger partial charge in [0.2, 0.25) is 0 Å². The number of nitrogens with zero attached hydrogens (tertiary/aromatic N) is 3. The second-order valence-electron chi connectivity index (χ2n) is 8.48. The van der Waals surface area contributed by atoms with E-state index in [2.05, 4.69) is 57.1 Å². The molecule has 0 unspecified atom stereocenters. The highest BCUT2D eigenvalue weighted by Crippen LogP contribution is 2.39. The number of nitro groups is 1. The average molecular weight is 421 g/mol. The van der Waals surface area contributed by atoms with Crippen molar-refractivity contribution in [2.75, 3.05) is 5.32 Å². The van der Waals surface area contributed by atoms with Crippen molar-refractivity contribution in [3.05, 3.63) is 56.9 Å². The Labute approximate surface area is 184 Å². The van der Waals surface area contributed by atoms with Gasteiger partial charge in [-0.3, -0.25) is 15.1 Å². The first-order valence-electron chi connectivity index (χ1n) is 11.1. The van der Waals surface area contributed by atoms with Crippen LogP contribution in [-0.2, 0) is 0 Å². The normalized spacial score (nSPS) is 11.3. The zero-order chi connectivity index (χ0) is 22.7. The first kappa shape index (κ1) is 22.7. The van der Waals surface area contributed by atoms with Crippen molar-refractivity contribution in [2.24, 2.45) is 0 Å². The molecule has 0 amide bonds. The van der Waals surface area contributed by atoms with Crippen LogP contribution in [0.1, 0.15) is 61.9 Å². The number of aryl methyl sites for hydroxylation is 4. The van der Waals surface area contributed by atoms with E-state index in [0.717, 1.165) is 53.8 Å². The molecule has 3 aromatic rings. The number of rotatable bonds is 8. The Morgan fingerprint density at radius 3 is 2.19 bits per heavy atom. The van der Waals surface area contributed by atoms with E-state index in [1.165, 1.54) is 11.8 Å². The number of aromatic nitrogens is 2. The van der Waals surface area contributed by atoms with Gasteiger partial charge in [-0.15, -0.1) is 0 Å². The minimum atomic E-state index is -0.356. The van der Waals surface area contributed by atoms with Gasteiger partial charge in [0, 0.05) is 17.3 Å². The Morgan fingerprint density at radius 1 is 1.03 bits per heavy atom. The van der Waals surface area contributed by atoms with Crippen molar-refractivity contribution < 1.29 is 4.92 Å². The van der Waals surface area contributed by atoms with Crippen LogP contribution >= 0.6 is 0 Å². The van der Waals surface area contributed by atoms with Crippen LogP contribution in [0, 0.1) is 37.8 Å². The first-order valence-corrected chi connectivity index (χ1v) is 11.1. The molecule has 0 aliphatic heterocycles. The highest BCUT2D eigenvalue weighted by Gasteiger charge is 2.24. The highest BCUT2D eigenvalue weighted by molar-refractivity contribution is 6.05. The van der Waals surface area contributed by atoms with Gasteiger partial charge in [-0.05, 0) is 57.7 Å². The number of hydrogen-bond donors (Lipinski definition) is 1. The predicted molar refractivity (Wildman–Crippen MR) is 128 cm³/mol. The summed E-state index contributed by atoms with van der Waals surface area (Å²) in [5.74, 6) is 0. The van der Waals surface area contributed by atoms with Crippen molar-refractivity contribution in [2.45, 2.75) is 73.3 Å². The first-order chi connectivity index (χ1) is 14.8. The van der Waals surface area contributed by atoms with Crippen molar-refractivity contribution in [1.29, 1.82) is 0 Å². The van der Waals surface area contributed by atoms with Crippen LogP contribution in [0.5, 0.6) is 0 Å². The second-order valence-corrected chi connectivity index (χ2v) is 8.48. The van der Waals surface area contributed by atoms with E-state index < -0.39 is 0 Å². The fraction of sp³-hybridized carbons (Fsp3) is 0.440. The van der Waals surface area contributed by atoms with Crippen LogP contribution in [0.3, 0.4) is 0 Å². The smallest absolute Gasteiger partial charge is 0.299 e. The highest BCUT2D eigenvalue weighted by atomic mass is 16.6. The molecule has 0 aliphatic rings. The summed E-state index contributed by atoms with van der Waals surface area (Å²) in [6, 6.07) is 6.42. The number of benzene rings is 1. The summed E-state index contributed by atoms with van der Waals surface area (Å²) in [6.45, 7) is 12.4. The molecule has 0 atom stereocenters. The van der Waals surface area contributed by atoms with Crippen molar-refractivity contribution in [1.82, 2.24) is 9.97 Å². The Balaban J connectivity index is 2.33. The largest absolute Gasteiger partial charge is 0.382 e. The fourth-order valence-corrected chi connectivity index (χ4v) is 4.55. The zero-order valence-corrected chi connectivity index (χ0v) is 19.4. The molecule has 0 bridgehead atoms. The Kier molecular flexibility index (Phi) is 6.88. The average Bonchev–Trinajstić information content (AvgIpc) is 2.67. The van der Waals surface area contributed by atoms with E-state index in [1.807, 2.05) is 13.0 Å². The summed E-state index contributed by atoms with van der Waals surface area (Å²) in [5, 5.41) is 16.1. The number of pyridine rings is 2. The van der Waals surface area contributed by atoms with Crippen LogP contribution in [0.4, 0.5) is 11.4 Å². The van der Waals surface area contributed by atoms with Gasteiger partial charge in [0.15, 0.2) is 0 Å². The maximum atomic E-state index is 11.9. The quantitative estimate of drug-likeness (QED) is 0.319. The lowest BCUT2D eigenvalue weighted by atomic mass is 9.95. The Hall–Kier alpha value is -3.02. The third kappa shape index (κ3) is 4.68. The molecule has 0 fully saturated rings. The lowest BCUT2D eigenvalue weighted by molar-refractivity contribution is -0.383. The van der Waals surface area contributed by atoms with Gasteiger partial charge in [0.1, 0.15) is 17.1 Å². The monoisotopic (exact) mass is 420 g/mol. The minimum absolute atomic E-state index is 0.0112. The zero-order valence-electron chi connectivity index (χ0n) is 19.4. The lowest BCUT2D eigenvalue weighted by Crippen LogP contribution is -2.19. The summed E-state index contributed by atoms with van der Waals surface area (Å²) in [5.41, 5.74) is 7.21. The summed E-state index contributed by atoms with van der Waals surface area (Å²) >= 11 is 0. The number of fused-ring (bicyclic) bond motifs is 1. The summed E-state index contributed by atoms with van der Waals surface area (Å²) < 4.78 is 0. The van der Waals surface area contributed by atoms with Gasteiger partial charge in [-0.25, -0.2) is 4.98 Å². The summed E-state index contributed by atoms with van der Waals surface area (Å²) in [6.07, 6.45) is 5.51. The topological polar surface area (TPSA) is 81.0 Å². The van der Waals surface area contributed by atoms with Gasteiger partial charge in [0.25, 0.3) is 5.69 Å². The van der Waals surface area contributed by atoms with Gasteiger partial charge in [-0.2, -0.15) is 0 Å². The maximum absolute atomic E-state index is 11.9. The van der Waals surface area contributed by atoms with Crippen LogP contribution in [-0.4, -0.2) is 20.9 Å². The molecule has 0 saturated heterocycles. The minimum Gasteiger partial charge on any atom is -0.382 e. The fourth-order valence-electron chi connectivity index (χ4n) is 4.55. The van der Waals surface area contributed by atoms with E-state index in [4.69, 9.17) is 4.98 Å². The molecular formula is C25H32N4O2. The molecule has 2 heterocycles. The molecule has 164 valence electrons. The van der Waals surface area contributed by atoms with Crippen LogP contribution in [0.2, 0.25) is 0 Å². The maximum Gasteiger partial charge on any atom is 0.299 e.